The molecule has 2 aromatic rings. The van der Waals surface area contributed by atoms with E-state index in [0.717, 1.165) is 0 Å². The summed E-state index contributed by atoms with van der Waals surface area (Å²) >= 11 is 5.93. The maximum absolute atomic E-state index is 12.8. The summed E-state index contributed by atoms with van der Waals surface area (Å²) in [6.07, 6.45) is -3.83. The summed E-state index contributed by atoms with van der Waals surface area (Å²) in [5.41, 5.74) is 0.929. The summed E-state index contributed by atoms with van der Waals surface area (Å²) in [4.78, 5) is 28.5. The molecule has 1 saturated heterocycles. The third-order valence-electron chi connectivity index (χ3n) is 4.65. The lowest BCUT2D eigenvalue weighted by Gasteiger charge is -2.22. The van der Waals surface area contributed by atoms with E-state index in [4.69, 9.17) is 11.6 Å². The van der Waals surface area contributed by atoms with Crippen LogP contribution >= 0.6 is 11.6 Å². The average molecular weight is 456 g/mol. The lowest BCUT2D eigenvalue weighted by atomic mass is 10.2. The molecule has 1 fully saturated rings. The van der Waals surface area contributed by atoms with Crippen LogP contribution in [0.1, 0.15) is 16.8 Å². The number of anilines is 1. The second kappa shape index (κ2) is 9.91. The van der Waals surface area contributed by atoms with Crippen molar-refractivity contribution in [3.8, 4) is 5.75 Å². The molecule has 0 radical (unpaired) electrons. The monoisotopic (exact) mass is 455 g/mol. The van der Waals surface area contributed by atoms with Crippen molar-refractivity contribution >= 4 is 29.2 Å². The van der Waals surface area contributed by atoms with Crippen LogP contribution in [-0.4, -0.2) is 60.7 Å². The third kappa shape index (κ3) is 6.78. The zero-order valence-electron chi connectivity index (χ0n) is 16.5. The molecular weight excluding hydrogens is 435 g/mol. The van der Waals surface area contributed by atoms with E-state index >= 15 is 0 Å². The highest BCUT2D eigenvalue weighted by atomic mass is 35.5. The van der Waals surface area contributed by atoms with Gasteiger partial charge >= 0.3 is 12.2 Å². The molecule has 0 spiro atoms. The van der Waals surface area contributed by atoms with E-state index < -0.39 is 12.8 Å². The topological polar surface area (TPSA) is 61.9 Å². The van der Waals surface area contributed by atoms with Gasteiger partial charge in [-0.2, -0.15) is 13.2 Å². The zero-order valence-corrected chi connectivity index (χ0v) is 17.2. The van der Waals surface area contributed by atoms with Gasteiger partial charge in [0.2, 0.25) is 0 Å². The summed E-state index contributed by atoms with van der Waals surface area (Å²) in [6.45, 7) is 0.255. The molecule has 1 aliphatic rings. The van der Waals surface area contributed by atoms with Crippen LogP contribution in [0.25, 0.3) is 0 Å². The minimum Gasteiger partial charge on any atom is -0.484 e. The summed E-state index contributed by atoms with van der Waals surface area (Å²) in [7, 11) is 0. The molecule has 1 aliphatic heterocycles. The minimum atomic E-state index is -4.43. The maximum atomic E-state index is 12.8. The van der Waals surface area contributed by atoms with Crippen LogP contribution in [0, 0.1) is 0 Å². The number of nitrogens with one attached hydrogen (secondary N) is 1. The Morgan fingerprint density at radius 3 is 2.35 bits per heavy atom. The van der Waals surface area contributed by atoms with Crippen molar-refractivity contribution in [3.63, 3.8) is 0 Å². The van der Waals surface area contributed by atoms with Gasteiger partial charge in [-0.1, -0.05) is 17.7 Å². The number of nitrogens with zero attached hydrogens (tertiary/aromatic N) is 2. The van der Waals surface area contributed by atoms with Crippen LogP contribution in [0.3, 0.4) is 0 Å². The van der Waals surface area contributed by atoms with Crippen LogP contribution in [0.15, 0.2) is 48.5 Å². The van der Waals surface area contributed by atoms with Gasteiger partial charge in [0.25, 0.3) is 5.91 Å². The number of rotatable bonds is 4. The Hall–Kier alpha value is -2.94. The lowest BCUT2D eigenvalue weighted by molar-refractivity contribution is -0.153. The largest absolute Gasteiger partial charge is 0.484 e. The predicted molar refractivity (Wildman–Crippen MR) is 111 cm³/mol. The fraction of sp³-hybridized carbons (Fsp3) is 0.333. The van der Waals surface area contributed by atoms with Crippen LogP contribution in [-0.2, 0) is 0 Å². The van der Waals surface area contributed by atoms with Gasteiger partial charge in [-0.15, -0.1) is 0 Å². The van der Waals surface area contributed by atoms with Crippen molar-refractivity contribution < 1.29 is 27.5 Å². The summed E-state index contributed by atoms with van der Waals surface area (Å²) in [6, 6.07) is 12.1. The Morgan fingerprint density at radius 2 is 1.68 bits per heavy atom. The molecule has 2 aromatic carbocycles. The Morgan fingerprint density at radius 1 is 1.00 bits per heavy atom. The highest BCUT2D eigenvalue weighted by Crippen LogP contribution is 2.20. The Bertz CT molecular complexity index is 922. The molecule has 166 valence electrons. The van der Waals surface area contributed by atoms with E-state index in [2.05, 4.69) is 10.1 Å². The van der Waals surface area contributed by atoms with Gasteiger partial charge in [0.15, 0.2) is 6.61 Å². The second-order valence-corrected chi connectivity index (χ2v) is 7.44. The molecule has 1 heterocycles. The van der Waals surface area contributed by atoms with Crippen LogP contribution in [0.2, 0.25) is 5.02 Å². The SMILES string of the molecule is O=C(Nc1cccc(Cl)c1)N1CCCN(C(=O)c2ccc(OCC(F)(F)F)cc2)CC1. The Kier molecular flexibility index (Phi) is 7.27. The van der Waals surface area contributed by atoms with Gasteiger partial charge in [0.05, 0.1) is 0 Å². The van der Waals surface area contributed by atoms with Crippen LogP contribution in [0.4, 0.5) is 23.7 Å². The maximum Gasteiger partial charge on any atom is 0.422 e. The minimum absolute atomic E-state index is 0.0357. The Labute approximate surface area is 182 Å². The molecule has 0 aromatic heterocycles. The molecule has 0 bridgehead atoms. The molecule has 10 heteroatoms. The number of amides is 3. The molecule has 0 aliphatic carbocycles. The molecule has 31 heavy (non-hydrogen) atoms. The van der Waals surface area contributed by atoms with Gasteiger partial charge in [-0.25, -0.2) is 4.79 Å². The van der Waals surface area contributed by atoms with E-state index in [1.54, 1.807) is 34.1 Å². The summed E-state index contributed by atoms with van der Waals surface area (Å²) < 4.78 is 41.4. The van der Waals surface area contributed by atoms with Crippen molar-refractivity contribution in [2.45, 2.75) is 12.6 Å². The highest BCUT2D eigenvalue weighted by Gasteiger charge is 2.28. The van der Waals surface area contributed by atoms with E-state index in [1.165, 1.54) is 24.3 Å². The van der Waals surface area contributed by atoms with E-state index in [1.807, 2.05) is 0 Å². The predicted octanol–water partition coefficient (Wildman–Crippen LogP) is 4.66. The molecule has 0 saturated carbocycles. The number of hydrogen-bond acceptors (Lipinski definition) is 3. The first-order chi connectivity index (χ1) is 14.7. The number of halogens is 4. The van der Waals surface area contributed by atoms with Crippen molar-refractivity contribution in [1.29, 1.82) is 0 Å². The lowest BCUT2D eigenvalue weighted by Crippen LogP contribution is -2.39. The number of carbonyl (C=O) groups is 2. The highest BCUT2D eigenvalue weighted by molar-refractivity contribution is 6.30. The number of hydrogen-bond donors (Lipinski definition) is 1. The van der Waals surface area contributed by atoms with E-state index in [0.29, 0.717) is 48.9 Å². The molecule has 0 unspecified atom stereocenters. The fourth-order valence-corrected chi connectivity index (χ4v) is 3.32. The second-order valence-electron chi connectivity index (χ2n) is 7.00. The molecule has 1 N–H and O–H groups in total. The van der Waals surface area contributed by atoms with Crippen molar-refractivity contribution in [2.24, 2.45) is 0 Å². The summed E-state index contributed by atoms with van der Waals surface area (Å²) in [5.74, 6) is -0.215. The first kappa shape index (κ1) is 22.7. The van der Waals surface area contributed by atoms with Gasteiger partial charge in [-0.3, -0.25) is 4.79 Å². The van der Waals surface area contributed by atoms with Crippen molar-refractivity contribution in [1.82, 2.24) is 9.80 Å². The smallest absolute Gasteiger partial charge is 0.422 e. The number of carbonyl (C=O) groups excluding carboxylic acids is 2. The van der Waals surface area contributed by atoms with Crippen molar-refractivity contribution in [2.75, 3.05) is 38.1 Å². The van der Waals surface area contributed by atoms with Crippen LogP contribution < -0.4 is 10.1 Å². The fourth-order valence-electron chi connectivity index (χ4n) is 3.13. The summed E-state index contributed by atoms with van der Waals surface area (Å²) in [5, 5.41) is 3.30. The number of alkyl halides is 3. The first-order valence-electron chi connectivity index (χ1n) is 9.62. The molecular formula is C21H21ClF3N3O3. The standard InChI is InChI=1S/C21H21ClF3N3O3/c22-16-3-1-4-17(13-16)26-20(30)28-10-2-9-27(11-12-28)19(29)15-5-7-18(8-6-15)31-14-21(23,24)25/h1,3-8,13H,2,9-12,14H2,(H,26,30). The third-order valence-corrected chi connectivity index (χ3v) is 4.89. The van der Waals surface area contributed by atoms with E-state index in [9.17, 15) is 22.8 Å². The van der Waals surface area contributed by atoms with Gasteiger partial charge in [0.1, 0.15) is 5.75 Å². The van der Waals surface area contributed by atoms with Crippen LogP contribution in [0.5, 0.6) is 5.75 Å². The van der Waals surface area contributed by atoms with E-state index in [-0.39, 0.29) is 17.7 Å². The van der Waals surface area contributed by atoms with Crippen molar-refractivity contribution in [3.05, 3.63) is 59.1 Å². The number of benzene rings is 2. The van der Waals surface area contributed by atoms with Gasteiger partial charge in [0, 0.05) is 42.5 Å². The average Bonchev–Trinajstić information content (AvgIpc) is 2.98. The zero-order chi connectivity index (χ0) is 22.4. The number of urea groups is 1. The molecule has 3 rings (SSSR count). The van der Waals surface area contributed by atoms with Gasteiger partial charge in [-0.05, 0) is 48.9 Å². The number of ether oxygens (including phenoxy) is 1. The Balaban J connectivity index is 1.55. The van der Waals surface area contributed by atoms with Gasteiger partial charge < -0.3 is 19.9 Å². The molecule has 3 amide bonds. The molecule has 6 nitrogen and oxygen atoms in total. The normalized spacial score (nSPS) is 14.7. The molecule has 0 atom stereocenters. The quantitative estimate of drug-likeness (QED) is 0.729. The first-order valence-corrected chi connectivity index (χ1v) is 9.99.